The van der Waals surface area contributed by atoms with E-state index in [0.717, 1.165) is 16.9 Å². The van der Waals surface area contributed by atoms with E-state index in [1.165, 1.54) is 0 Å². The monoisotopic (exact) mass is 257 g/mol. The first-order valence-electron chi connectivity index (χ1n) is 5.71. The van der Waals surface area contributed by atoms with Gasteiger partial charge < -0.3 is 15.2 Å². The van der Waals surface area contributed by atoms with Gasteiger partial charge in [-0.3, -0.25) is 0 Å². The minimum atomic E-state index is -0.579. The van der Waals surface area contributed by atoms with E-state index in [4.69, 9.17) is 16.3 Å². The van der Waals surface area contributed by atoms with Crippen molar-refractivity contribution in [2.75, 3.05) is 20.7 Å². The van der Waals surface area contributed by atoms with E-state index in [9.17, 15) is 5.11 Å². The molecule has 0 aliphatic heterocycles. The van der Waals surface area contributed by atoms with E-state index in [0.29, 0.717) is 11.6 Å². The number of hydrogen-bond donors (Lipinski definition) is 2. The molecule has 17 heavy (non-hydrogen) atoms. The van der Waals surface area contributed by atoms with Crippen LogP contribution in [0.25, 0.3) is 0 Å². The van der Waals surface area contributed by atoms with E-state index in [1.807, 2.05) is 0 Å². The van der Waals surface area contributed by atoms with Crippen molar-refractivity contribution in [2.24, 2.45) is 0 Å². The molecule has 1 atom stereocenters. The van der Waals surface area contributed by atoms with Crippen molar-refractivity contribution in [1.29, 1.82) is 0 Å². The zero-order valence-corrected chi connectivity index (χ0v) is 11.5. The van der Waals surface area contributed by atoms with Crippen LogP contribution in [-0.2, 0) is 0 Å². The van der Waals surface area contributed by atoms with E-state index < -0.39 is 6.10 Å². The highest BCUT2D eigenvalue weighted by Crippen LogP contribution is 2.36. The van der Waals surface area contributed by atoms with Crippen molar-refractivity contribution in [3.63, 3.8) is 0 Å². The molecule has 0 aromatic heterocycles. The molecule has 1 aromatic carbocycles. The second-order valence-corrected chi connectivity index (χ2v) is 4.78. The molecule has 1 aromatic rings. The number of aliphatic hydroxyl groups excluding tert-OH is 1. The molecule has 0 bridgehead atoms. The molecule has 96 valence electrons. The summed E-state index contributed by atoms with van der Waals surface area (Å²) in [5.74, 6) is 1.00. The molecule has 0 saturated carbocycles. The molecular formula is C13H20ClNO2. The van der Waals surface area contributed by atoms with Crippen LogP contribution in [0, 0.1) is 0 Å². The van der Waals surface area contributed by atoms with E-state index in [2.05, 4.69) is 19.2 Å². The Bertz CT molecular complexity index is 380. The van der Waals surface area contributed by atoms with E-state index in [1.54, 1.807) is 26.3 Å². The van der Waals surface area contributed by atoms with Crippen LogP contribution in [0.15, 0.2) is 12.1 Å². The third kappa shape index (κ3) is 3.35. The fraction of sp³-hybridized carbons (Fsp3) is 0.538. The first-order valence-corrected chi connectivity index (χ1v) is 6.09. The maximum absolute atomic E-state index is 10.1. The smallest absolute Gasteiger partial charge is 0.124 e. The molecule has 1 rings (SSSR count). The maximum atomic E-state index is 10.1. The van der Waals surface area contributed by atoms with Gasteiger partial charge >= 0.3 is 0 Å². The summed E-state index contributed by atoms with van der Waals surface area (Å²) in [6, 6.07) is 3.59. The van der Waals surface area contributed by atoms with Crippen molar-refractivity contribution in [3.8, 4) is 5.75 Å². The number of hydrogen-bond acceptors (Lipinski definition) is 3. The van der Waals surface area contributed by atoms with E-state index in [-0.39, 0.29) is 5.92 Å². The molecule has 0 fully saturated rings. The Labute approximate surface area is 108 Å². The number of aliphatic hydroxyl groups is 1. The van der Waals surface area contributed by atoms with Crippen LogP contribution in [0.5, 0.6) is 5.75 Å². The highest BCUT2D eigenvalue weighted by molar-refractivity contribution is 6.30. The van der Waals surface area contributed by atoms with Gasteiger partial charge in [-0.1, -0.05) is 25.4 Å². The molecule has 2 N–H and O–H groups in total. The van der Waals surface area contributed by atoms with Crippen LogP contribution in [0.2, 0.25) is 5.02 Å². The minimum absolute atomic E-state index is 0.267. The number of likely N-dealkylation sites (N-methyl/N-ethyl adjacent to an activating group) is 1. The van der Waals surface area contributed by atoms with Crippen LogP contribution in [0.3, 0.4) is 0 Å². The van der Waals surface area contributed by atoms with Crippen molar-refractivity contribution in [1.82, 2.24) is 5.32 Å². The SMILES string of the molecule is CNCC(O)c1cc(Cl)cc(OC)c1C(C)C. The molecule has 1 unspecified atom stereocenters. The Kier molecular flexibility index (Phi) is 5.25. The van der Waals surface area contributed by atoms with Gasteiger partial charge in [0, 0.05) is 17.1 Å². The lowest BCUT2D eigenvalue weighted by Crippen LogP contribution is -2.18. The number of benzene rings is 1. The molecule has 0 radical (unpaired) electrons. The van der Waals surface area contributed by atoms with Crippen LogP contribution in [0.4, 0.5) is 0 Å². The summed E-state index contributed by atoms with van der Waals surface area (Å²) in [6.07, 6.45) is -0.579. The topological polar surface area (TPSA) is 41.5 Å². The average Bonchev–Trinajstić information content (AvgIpc) is 2.27. The Morgan fingerprint density at radius 3 is 2.53 bits per heavy atom. The van der Waals surface area contributed by atoms with Gasteiger partial charge in [0.15, 0.2) is 0 Å². The quantitative estimate of drug-likeness (QED) is 0.852. The number of halogens is 1. The summed E-state index contributed by atoms with van der Waals surface area (Å²) in [4.78, 5) is 0. The summed E-state index contributed by atoms with van der Waals surface area (Å²) >= 11 is 6.04. The maximum Gasteiger partial charge on any atom is 0.124 e. The van der Waals surface area contributed by atoms with Gasteiger partial charge in [-0.15, -0.1) is 0 Å². The standard InChI is InChI=1S/C13H20ClNO2/c1-8(2)13-10(11(16)7-15-3)5-9(14)6-12(13)17-4/h5-6,8,11,15-16H,7H2,1-4H3. The van der Waals surface area contributed by atoms with Gasteiger partial charge in [-0.25, -0.2) is 0 Å². The molecule has 0 aliphatic rings. The third-order valence-electron chi connectivity index (χ3n) is 2.69. The Morgan fingerprint density at radius 2 is 2.06 bits per heavy atom. The second kappa shape index (κ2) is 6.24. The van der Waals surface area contributed by atoms with Crippen LogP contribution >= 0.6 is 11.6 Å². The number of methoxy groups -OCH3 is 1. The summed E-state index contributed by atoms with van der Waals surface area (Å²) in [7, 11) is 3.42. The first-order chi connectivity index (χ1) is 8.01. The molecule has 0 saturated heterocycles. The van der Waals surface area contributed by atoms with Crippen molar-refractivity contribution >= 4 is 11.6 Å². The number of ether oxygens (including phenoxy) is 1. The van der Waals surface area contributed by atoms with Crippen LogP contribution < -0.4 is 10.1 Å². The van der Waals surface area contributed by atoms with Gasteiger partial charge in [0.25, 0.3) is 0 Å². The molecule has 0 spiro atoms. The first kappa shape index (κ1) is 14.3. The van der Waals surface area contributed by atoms with Crippen molar-refractivity contribution in [3.05, 3.63) is 28.3 Å². The van der Waals surface area contributed by atoms with Gasteiger partial charge in [0.2, 0.25) is 0 Å². The lowest BCUT2D eigenvalue weighted by molar-refractivity contribution is 0.176. The van der Waals surface area contributed by atoms with Gasteiger partial charge in [-0.2, -0.15) is 0 Å². The summed E-state index contributed by atoms with van der Waals surface area (Å²) < 4.78 is 5.34. The van der Waals surface area contributed by atoms with Gasteiger partial charge in [-0.05, 0) is 30.7 Å². The average molecular weight is 258 g/mol. The molecule has 3 nitrogen and oxygen atoms in total. The van der Waals surface area contributed by atoms with Crippen LogP contribution in [-0.4, -0.2) is 25.8 Å². The van der Waals surface area contributed by atoms with Gasteiger partial charge in [0.05, 0.1) is 13.2 Å². The highest BCUT2D eigenvalue weighted by atomic mass is 35.5. The Morgan fingerprint density at radius 1 is 1.41 bits per heavy atom. The lowest BCUT2D eigenvalue weighted by atomic mass is 9.93. The second-order valence-electron chi connectivity index (χ2n) is 4.34. The van der Waals surface area contributed by atoms with Gasteiger partial charge in [0.1, 0.15) is 5.75 Å². The molecular weight excluding hydrogens is 238 g/mol. The van der Waals surface area contributed by atoms with Crippen LogP contribution in [0.1, 0.15) is 37.0 Å². The number of nitrogens with one attached hydrogen (secondary N) is 1. The minimum Gasteiger partial charge on any atom is -0.496 e. The molecule has 0 amide bonds. The fourth-order valence-corrected chi connectivity index (χ4v) is 2.20. The van der Waals surface area contributed by atoms with Crippen molar-refractivity contribution < 1.29 is 9.84 Å². The summed E-state index contributed by atoms with van der Waals surface area (Å²) in [5, 5.41) is 13.7. The normalized spacial score (nSPS) is 12.9. The zero-order valence-electron chi connectivity index (χ0n) is 10.7. The zero-order chi connectivity index (χ0) is 13.0. The molecule has 0 heterocycles. The van der Waals surface area contributed by atoms with E-state index >= 15 is 0 Å². The summed E-state index contributed by atoms with van der Waals surface area (Å²) in [5.41, 5.74) is 1.85. The third-order valence-corrected chi connectivity index (χ3v) is 2.91. The predicted octanol–water partition coefficient (Wildman–Crippen LogP) is 2.72. The molecule has 4 heteroatoms. The number of rotatable bonds is 5. The Balaban J connectivity index is 3.29. The predicted molar refractivity (Wildman–Crippen MR) is 71.0 cm³/mol. The lowest BCUT2D eigenvalue weighted by Gasteiger charge is -2.21. The molecule has 0 aliphatic carbocycles. The highest BCUT2D eigenvalue weighted by Gasteiger charge is 2.19. The fourth-order valence-electron chi connectivity index (χ4n) is 1.98. The van der Waals surface area contributed by atoms with Crippen molar-refractivity contribution in [2.45, 2.75) is 25.9 Å². The summed E-state index contributed by atoms with van der Waals surface area (Å²) in [6.45, 7) is 4.63. The largest absolute Gasteiger partial charge is 0.496 e. The Hall–Kier alpha value is -0.770.